The number of methoxy groups -OCH3 is 1. The molecule has 6 nitrogen and oxygen atoms in total. The van der Waals surface area contributed by atoms with E-state index in [1.54, 1.807) is 12.0 Å². The number of hydrogen-bond donors (Lipinski definition) is 0. The molecule has 0 saturated carbocycles. The lowest BCUT2D eigenvalue weighted by atomic mass is 10.1. The molecule has 2 heterocycles. The third kappa shape index (κ3) is 6.24. The number of ether oxygens (including phenoxy) is 2. The first-order valence-electron chi connectivity index (χ1n) is 11.0. The van der Waals surface area contributed by atoms with Crippen LogP contribution < -0.4 is 9.64 Å². The first-order chi connectivity index (χ1) is 16.3. The fourth-order valence-corrected chi connectivity index (χ4v) is 4.97. The molecule has 1 aromatic heterocycles. The van der Waals surface area contributed by atoms with Gasteiger partial charge < -0.3 is 9.47 Å². The highest BCUT2D eigenvalue weighted by Gasteiger charge is 2.31. The number of rotatable bonds is 7. The van der Waals surface area contributed by atoms with Crippen LogP contribution >= 0.6 is 23.7 Å². The number of fused-ring (bicyclic) bond motifs is 1. The zero-order valence-electron chi connectivity index (χ0n) is 19.4. The van der Waals surface area contributed by atoms with E-state index in [0.29, 0.717) is 42.6 Å². The molecular weight excluding hydrogens is 503 g/mol. The summed E-state index contributed by atoms with van der Waals surface area (Å²) in [6, 6.07) is 8.08. The number of nitrogens with zero attached hydrogens (tertiary/aromatic N) is 3. The molecule has 0 N–H and O–H groups in total. The van der Waals surface area contributed by atoms with Crippen molar-refractivity contribution in [3.05, 3.63) is 53.1 Å². The maximum absolute atomic E-state index is 13.5. The molecular formula is C24H27ClF3N3O3S. The highest BCUT2D eigenvalue weighted by molar-refractivity contribution is 7.22. The van der Waals surface area contributed by atoms with Crippen molar-refractivity contribution in [3.8, 4) is 5.75 Å². The maximum atomic E-state index is 13.5. The van der Waals surface area contributed by atoms with Crippen molar-refractivity contribution in [2.75, 3.05) is 51.4 Å². The Labute approximate surface area is 212 Å². The van der Waals surface area contributed by atoms with Gasteiger partial charge in [-0.05, 0) is 49.2 Å². The molecule has 190 valence electrons. The number of anilines is 1. The standard InChI is InChI=1S/C24H26F3N3O3S.ClH/c1-16-4-9-19(32-2)20-21(16)34-23(28-20)30(11-3-10-29-12-14-33-15-13-29)22(31)17-5-7-18(8-6-17)24(25,26)27;/h4-9H,3,10-15H2,1-2H3;1H. The summed E-state index contributed by atoms with van der Waals surface area (Å²) in [7, 11) is 1.57. The van der Waals surface area contributed by atoms with Crippen LogP contribution in [-0.4, -0.2) is 62.3 Å². The van der Waals surface area contributed by atoms with Crippen LogP contribution in [0.15, 0.2) is 36.4 Å². The lowest BCUT2D eigenvalue weighted by Gasteiger charge is -2.27. The van der Waals surface area contributed by atoms with Crippen molar-refractivity contribution < 1.29 is 27.4 Å². The summed E-state index contributed by atoms with van der Waals surface area (Å²) in [5, 5.41) is 0.495. The molecule has 0 spiro atoms. The molecule has 0 atom stereocenters. The lowest BCUT2D eigenvalue weighted by molar-refractivity contribution is -0.137. The molecule has 1 fully saturated rings. The van der Waals surface area contributed by atoms with E-state index in [0.717, 1.165) is 42.0 Å². The first-order valence-corrected chi connectivity index (χ1v) is 11.8. The van der Waals surface area contributed by atoms with Crippen LogP contribution in [0, 0.1) is 6.92 Å². The van der Waals surface area contributed by atoms with Crippen molar-refractivity contribution in [2.24, 2.45) is 0 Å². The monoisotopic (exact) mass is 529 g/mol. The van der Waals surface area contributed by atoms with E-state index in [2.05, 4.69) is 4.90 Å². The number of carbonyl (C=O) groups is 1. The molecule has 1 aliphatic rings. The second-order valence-corrected chi connectivity index (χ2v) is 9.08. The van der Waals surface area contributed by atoms with Crippen molar-refractivity contribution >= 4 is 45.0 Å². The average Bonchev–Trinajstić information content (AvgIpc) is 3.28. The number of morpholine rings is 1. The van der Waals surface area contributed by atoms with Gasteiger partial charge in [-0.1, -0.05) is 17.4 Å². The van der Waals surface area contributed by atoms with Crippen molar-refractivity contribution in [3.63, 3.8) is 0 Å². The van der Waals surface area contributed by atoms with Gasteiger partial charge in [0, 0.05) is 31.7 Å². The third-order valence-electron chi connectivity index (χ3n) is 5.81. The van der Waals surface area contributed by atoms with E-state index in [9.17, 15) is 18.0 Å². The predicted octanol–water partition coefficient (Wildman–Crippen LogP) is 5.42. The lowest BCUT2D eigenvalue weighted by Crippen LogP contribution is -2.39. The van der Waals surface area contributed by atoms with Gasteiger partial charge in [0.05, 0.1) is 30.6 Å². The van der Waals surface area contributed by atoms with Gasteiger partial charge in [-0.3, -0.25) is 14.6 Å². The Morgan fingerprint density at radius 1 is 1.17 bits per heavy atom. The van der Waals surface area contributed by atoms with Crippen LogP contribution in [0.2, 0.25) is 0 Å². The first kappa shape index (κ1) is 27.2. The van der Waals surface area contributed by atoms with Crippen molar-refractivity contribution in [2.45, 2.75) is 19.5 Å². The molecule has 1 saturated heterocycles. The number of hydrogen-bond acceptors (Lipinski definition) is 6. The summed E-state index contributed by atoms with van der Waals surface area (Å²) in [6.45, 7) is 6.18. The van der Waals surface area contributed by atoms with Crippen molar-refractivity contribution in [1.29, 1.82) is 0 Å². The largest absolute Gasteiger partial charge is 0.494 e. The van der Waals surface area contributed by atoms with Crippen LogP contribution in [0.4, 0.5) is 18.3 Å². The van der Waals surface area contributed by atoms with Gasteiger partial charge in [-0.2, -0.15) is 13.2 Å². The molecule has 11 heteroatoms. The van der Waals surface area contributed by atoms with Crippen LogP contribution in [-0.2, 0) is 10.9 Å². The molecule has 4 rings (SSSR count). The number of aryl methyl sites for hydroxylation is 1. The fourth-order valence-electron chi connectivity index (χ4n) is 3.90. The normalized spacial score (nSPS) is 14.5. The van der Waals surface area contributed by atoms with Crippen molar-refractivity contribution in [1.82, 2.24) is 9.88 Å². The van der Waals surface area contributed by atoms with Crippen LogP contribution in [0.5, 0.6) is 5.75 Å². The van der Waals surface area contributed by atoms with Crippen LogP contribution in [0.1, 0.15) is 27.9 Å². The topological polar surface area (TPSA) is 54.9 Å². The average molecular weight is 530 g/mol. The molecule has 1 aliphatic heterocycles. The number of halogens is 4. The van der Waals surface area contributed by atoms with Gasteiger partial charge in [0.2, 0.25) is 0 Å². The van der Waals surface area contributed by atoms with Gasteiger partial charge in [-0.15, -0.1) is 12.4 Å². The summed E-state index contributed by atoms with van der Waals surface area (Å²) in [5.41, 5.74) is 1.07. The second-order valence-electron chi connectivity index (χ2n) is 8.10. The minimum Gasteiger partial charge on any atom is -0.494 e. The van der Waals surface area contributed by atoms with Gasteiger partial charge in [0.25, 0.3) is 5.91 Å². The minimum atomic E-state index is -4.46. The van der Waals surface area contributed by atoms with E-state index >= 15 is 0 Å². The zero-order chi connectivity index (χ0) is 24.3. The van der Waals surface area contributed by atoms with Gasteiger partial charge >= 0.3 is 6.18 Å². The number of alkyl halides is 3. The maximum Gasteiger partial charge on any atom is 0.416 e. The summed E-state index contributed by atoms with van der Waals surface area (Å²) in [5.74, 6) is 0.227. The Bertz CT molecular complexity index is 1150. The smallest absolute Gasteiger partial charge is 0.416 e. The van der Waals surface area contributed by atoms with E-state index < -0.39 is 11.7 Å². The zero-order valence-corrected chi connectivity index (χ0v) is 21.1. The molecule has 0 bridgehead atoms. The molecule has 1 amide bonds. The number of carbonyl (C=O) groups excluding carboxylic acids is 1. The Hall–Kier alpha value is -2.40. The molecule has 35 heavy (non-hydrogen) atoms. The van der Waals surface area contributed by atoms with E-state index in [1.807, 2.05) is 19.1 Å². The molecule has 2 aromatic carbocycles. The fraction of sp³-hybridized carbons (Fsp3) is 0.417. The SMILES string of the molecule is COc1ccc(C)c2sc(N(CCCN3CCOCC3)C(=O)c3ccc(C(F)(F)F)cc3)nc12.Cl. The number of aromatic nitrogens is 1. The van der Waals surface area contributed by atoms with Gasteiger partial charge in [0.1, 0.15) is 11.3 Å². The highest BCUT2D eigenvalue weighted by Crippen LogP contribution is 2.37. The van der Waals surface area contributed by atoms with Gasteiger partial charge in [-0.25, -0.2) is 4.98 Å². The highest BCUT2D eigenvalue weighted by atomic mass is 35.5. The molecule has 0 radical (unpaired) electrons. The third-order valence-corrected chi connectivity index (χ3v) is 7.02. The summed E-state index contributed by atoms with van der Waals surface area (Å²) in [6.07, 6.45) is -3.76. The number of thiazole rings is 1. The summed E-state index contributed by atoms with van der Waals surface area (Å²) >= 11 is 1.38. The number of amides is 1. The Morgan fingerprint density at radius 3 is 2.49 bits per heavy atom. The van der Waals surface area contributed by atoms with E-state index in [-0.39, 0.29) is 23.9 Å². The Morgan fingerprint density at radius 2 is 1.86 bits per heavy atom. The van der Waals surface area contributed by atoms with Crippen LogP contribution in [0.3, 0.4) is 0 Å². The summed E-state index contributed by atoms with van der Waals surface area (Å²) in [4.78, 5) is 22.0. The van der Waals surface area contributed by atoms with Gasteiger partial charge in [0.15, 0.2) is 5.13 Å². The number of benzene rings is 2. The Kier molecular flexibility index (Phi) is 8.98. The summed E-state index contributed by atoms with van der Waals surface area (Å²) < 4.78 is 50.7. The molecule has 0 aliphatic carbocycles. The minimum absolute atomic E-state index is 0. The predicted molar refractivity (Wildman–Crippen MR) is 133 cm³/mol. The van der Waals surface area contributed by atoms with E-state index in [1.165, 1.54) is 23.5 Å². The van der Waals surface area contributed by atoms with Crippen LogP contribution in [0.25, 0.3) is 10.2 Å². The quantitative estimate of drug-likeness (QED) is 0.409. The second kappa shape index (κ2) is 11.6. The molecule has 0 unspecified atom stereocenters. The Balaban J connectivity index is 0.00000342. The molecule has 3 aromatic rings. The van der Waals surface area contributed by atoms with E-state index in [4.69, 9.17) is 14.5 Å².